The molecule has 1 aliphatic carbocycles. The van der Waals surface area contributed by atoms with Gasteiger partial charge in [0.2, 0.25) is 11.8 Å². The van der Waals surface area contributed by atoms with E-state index in [2.05, 4.69) is 26.0 Å². The van der Waals surface area contributed by atoms with E-state index in [1.807, 2.05) is 30.3 Å². The highest BCUT2D eigenvalue weighted by atomic mass is 16.5. The molecular weight excluding hydrogens is 346 g/mol. The molecule has 1 aliphatic heterocycles. The lowest BCUT2D eigenvalue weighted by atomic mass is 9.80. The Kier molecular flexibility index (Phi) is 3.97. The summed E-state index contributed by atoms with van der Waals surface area (Å²) in [6.07, 6.45) is 1.58. The van der Waals surface area contributed by atoms with Crippen molar-refractivity contribution in [2.45, 2.75) is 30.7 Å². The predicted molar refractivity (Wildman–Crippen MR) is 95.1 cm³/mol. The van der Waals surface area contributed by atoms with Crippen LogP contribution >= 0.6 is 0 Å². The fraction of sp³-hybridized carbons (Fsp3) is 0.368. The van der Waals surface area contributed by atoms with Crippen LogP contribution in [-0.4, -0.2) is 40.4 Å². The molecule has 1 saturated carbocycles. The van der Waals surface area contributed by atoms with Crippen molar-refractivity contribution < 1.29 is 13.7 Å². The van der Waals surface area contributed by atoms with Gasteiger partial charge in [-0.1, -0.05) is 35.5 Å². The number of rotatable bonds is 5. The topological polar surface area (TPSA) is 106 Å². The van der Waals surface area contributed by atoms with Gasteiger partial charge in [0.05, 0.1) is 5.92 Å². The van der Waals surface area contributed by atoms with Crippen LogP contribution in [-0.2, 0) is 0 Å². The average Bonchev–Trinajstić information content (AvgIpc) is 3.27. The quantitative estimate of drug-likeness (QED) is 0.713. The van der Waals surface area contributed by atoms with Crippen LogP contribution in [0, 0.1) is 0 Å². The highest BCUT2D eigenvalue weighted by Gasteiger charge is 2.36. The third kappa shape index (κ3) is 3.12. The van der Waals surface area contributed by atoms with E-state index in [0.717, 1.165) is 31.5 Å². The van der Waals surface area contributed by atoms with Crippen molar-refractivity contribution in [2.75, 3.05) is 13.1 Å². The lowest BCUT2D eigenvalue weighted by Crippen LogP contribution is -2.43. The summed E-state index contributed by atoms with van der Waals surface area (Å²) >= 11 is 0. The van der Waals surface area contributed by atoms with Gasteiger partial charge < -0.3 is 19.6 Å². The van der Waals surface area contributed by atoms with Gasteiger partial charge in [-0.15, -0.1) is 10.2 Å². The largest absolute Gasteiger partial charge is 0.425 e. The number of nitrogens with one attached hydrogen (secondary N) is 2. The number of amides is 1. The van der Waals surface area contributed by atoms with Crippen LogP contribution in [0.25, 0.3) is 11.3 Å². The lowest BCUT2D eigenvalue weighted by molar-refractivity contribution is 0.0893. The molecular formula is C19H19N5O3. The molecule has 1 aromatic carbocycles. The molecule has 0 spiro atoms. The molecule has 5 rings (SSSR count). The lowest BCUT2D eigenvalue weighted by Gasteiger charge is -2.33. The molecule has 27 heavy (non-hydrogen) atoms. The Balaban J connectivity index is 1.16. The first-order chi connectivity index (χ1) is 13.3. The molecule has 0 radical (unpaired) electrons. The van der Waals surface area contributed by atoms with Crippen LogP contribution in [0.5, 0.6) is 0 Å². The summed E-state index contributed by atoms with van der Waals surface area (Å²) in [4.78, 5) is 12.4. The van der Waals surface area contributed by atoms with Crippen LogP contribution in [0.3, 0.4) is 0 Å². The maximum atomic E-state index is 12.4. The smallest absolute Gasteiger partial charge is 0.273 e. The van der Waals surface area contributed by atoms with Gasteiger partial charge in [0.25, 0.3) is 5.91 Å². The van der Waals surface area contributed by atoms with Gasteiger partial charge >= 0.3 is 0 Å². The third-order valence-electron chi connectivity index (χ3n) is 5.21. The highest BCUT2D eigenvalue weighted by molar-refractivity contribution is 5.93. The molecule has 8 nitrogen and oxygen atoms in total. The number of carbonyl (C=O) groups is 1. The summed E-state index contributed by atoms with van der Waals surface area (Å²) in [7, 11) is 0. The molecule has 2 N–H and O–H groups in total. The second-order valence-corrected chi connectivity index (χ2v) is 7.11. The van der Waals surface area contributed by atoms with Crippen molar-refractivity contribution in [3.05, 3.63) is 53.9 Å². The number of aromatic nitrogens is 3. The summed E-state index contributed by atoms with van der Waals surface area (Å²) in [5.74, 6) is 2.30. The maximum Gasteiger partial charge on any atom is 0.273 e. The molecule has 2 fully saturated rings. The van der Waals surface area contributed by atoms with E-state index in [9.17, 15) is 4.79 Å². The van der Waals surface area contributed by atoms with Crippen molar-refractivity contribution in [3.8, 4) is 11.3 Å². The fourth-order valence-electron chi connectivity index (χ4n) is 3.36. The molecule has 1 amide bonds. The van der Waals surface area contributed by atoms with Gasteiger partial charge in [-0.05, 0) is 12.8 Å². The van der Waals surface area contributed by atoms with E-state index in [1.165, 1.54) is 0 Å². The Morgan fingerprint density at radius 2 is 1.81 bits per heavy atom. The van der Waals surface area contributed by atoms with Crippen LogP contribution in [0.2, 0.25) is 0 Å². The number of hydrogen-bond donors (Lipinski definition) is 2. The highest BCUT2D eigenvalue weighted by Crippen LogP contribution is 2.37. The van der Waals surface area contributed by atoms with Crippen molar-refractivity contribution >= 4 is 5.91 Å². The second kappa shape index (κ2) is 6.62. The molecule has 0 atom stereocenters. The van der Waals surface area contributed by atoms with Crippen LogP contribution < -0.4 is 10.6 Å². The molecule has 0 bridgehead atoms. The zero-order valence-electron chi connectivity index (χ0n) is 14.6. The number of hydrogen-bond acceptors (Lipinski definition) is 7. The molecule has 8 heteroatoms. The molecule has 3 aromatic rings. The Morgan fingerprint density at radius 3 is 2.52 bits per heavy atom. The first-order valence-electron chi connectivity index (χ1n) is 9.13. The summed E-state index contributed by atoms with van der Waals surface area (Å²) in [5, 5.41) is 18.4. The van der Waals surface area contributed by atoms with E-state index in [-0.39, 0.29) is 23.6 Å². The van der Waals surface area contributed by atoms with Crippen molar-refractivity contribution in [1.29, 1.82) is 0 Å². The maximum absolute atomic E-state index is 12.4. The number of nitrogens with zero attached hydrogens (tertiary/aromatic N) is 3. The van der Waals surface area contributed by atoms with Gasteiger partial charge in [0, 0.05) is 36.7 Å². The van der Waals surface area contributed by atoms with Gasteiger partial charge in [-0.25, -0.2) is 0 Å². The van der Waals surface area contributed by atoms with E-state index in [1.54, 1.807) is 6.07 Å². The normalized spacial score (nSPS) is 22.1. The summed E-state index contributed by atoms with van der Waals surface area (Å²) in [6, 6.07) is 11.3. The third-order valence-corrected chi connectivity index (χ3v) is 5.21. The SMILES string of the molecule is O=C(NC1CC(c2nnc(C3CNC3)o2)C1)c1cc(-c2ccccc2)on1. The summed E-state index contributed by atoms with van der Waals surface area (Å²) < 4.78 is 11.1. The van der Waals surface area contributed by atoms with E-state index >= 15 is 0 Å². The van der Waals surface area contributed by atoms with E-state index in [0.29, 0.717) is 23.5 Å². The fourth-order valence-corrected chi connectivity index (χ4v) is 3.36. The van der Waals surface area contributed by atoms with E-state index in [4.69, 9.17) is 8.94 Å². The summed E-state index contributed by atoms with van der Waals surface area (Å²) in [5.41, 5.74) is 1.18. The monoisotopic (exact) mass is 365 g/mol. The van der Waals surface area contributed by atoms with Gasteiger partial charge in [0.15, 0.2) is 11.5 Å². The van der Waals surface area contributed by atoms with Crippen molar-refractivity contribution in [2.24, 2.45) is 0 Å². The predicted octanol–water partition coefficient (Wildman–Crippen LogP) is 2.09. The Bertz CT molecular complexity index is 941. The Labute approximate surface area is 155 Å². The second-order valence-electron chi connectivity index (χ2n) is 7.11. The molecule has 3 heterocycles. The standard InChI is InChI=1S/C19H19N5O3/c25-17(15-8-16(27-24-15)11-4-2-1-3-5-11)21-14-6-12(7-14)18-22-23-19(26-18)13-9-20-10-13/h1-5,8,12-14,20H,6-7,9-10H2,(H,21,25). The minimum absolute atomic E-state index is 0.0834. The van der Waals surface area contributed by atoms with Gasteiger partial charge in [-0.2, -0.15) is 0 Å². The molecule has 2 aliphatic rings. The average molecular weight is 365 g/mol. The van der Waals surface area contributed by atoms with Crippen LogP contribution in [0.15, 0.2) is 45.3 Å². The van der Waals surface area contributed by atoms with Crippen LogP contribution in [0.4, 0.5) is 0 Å². The van der Waals surface area contributed by atoms with Crippen molar-refractivity contribution in [3.63, 3.8) is 0 Å². The van der Waals surface area contributed by atoms with Gasteiger partial charge in [-0.3, -0.25) is 4.79 Å². The van der Waals surface area contributed by atoms with E-state index < -0.39 is 0 Å². The van der Waals surface area contributed by atoms with Crippen LogP contribution in [0.1, 0.15) is 46.9 Å². The Hall–Kier alpha value is -3.00. The zero-order chi connectivity index (χ0) is 18.2. The minimum atomic E-state index is -0.226. The minimum Gasteiger partial charge on any atom is -0.425 e. The zero-order valence-corrected chi connectivity index (χ0v) is 14.6. The van der Waals surface area contributed by atoms with Gasteiger partial charge in [0.1, 0.15) is 0 Å². The molecule has 0 unspecified atom stereocenters. The number of carbonyl (C=O) groups excluding carboxylic acids is 1. The summed E-state index contributed by atoms with van der Waals surface area (Å²) in [6.45, 7) is 1.79. The molecule has 138 valence electrons. The first-order valence-corrected chi connectivity index (χ1v) is 9.13. The molecule has 1 saturated heterocycles. The first kappa shape index (κ1) is 16.2. The Morgan fingerprint density at radius 1 is 1.07 bits per heavy atom. The van der Waals surface area contributed by atoms with Crippen molar-refractivity contribution in [1.82, 2.24) is 26.0 Å². The molecule has 2 aromatic heterocycles. The number of benzene rings is 1.